The summed E-state index contributed by atoms with van der Waals surface area (Å²) in [5.41, 5.74) is 0. The summed E-state index contributed by atoms with van der Waals surface area (Å²) in [5, 5.41) is 2.21. The van der Waals surface area contributed by atoms with Crippen LogP contribution in [0, 0.1) is 11.8 Å². The molecular weight excluding hydrogens is 164 g/mol. The molecule has 70 valence electrons. The van der Waals surface area contributed by atoms with Crippen molar-refractivity contribution in [2.24, 2.45) is 11.8 Å². The van der Waals surface area contributed by atoms with Crippen LogP contribution in [0.15, 0.2) is 0 Å². The molecule has 0 aromatic rings. The minimum atomic E-state index is -2.88. The molecule has 0 spiro atoms. The molecule has 0 aliphatic heterocycles. The van der Waals surface area contributed by atoms with Crippen molar-refractivity contribution >= 4 is 5.91 Å². The summed E-state index contributed by atoms with van der Waals surface area (Å²) in [6, 6.07) is 0. The van der Waals surface area contributed by atoms with E-state index in [2.05, 4.69) is 5.32 Å². The van der Waals surface area contributed by atoms with Crippen molar-refractivity contribution < 1.29 is 13.6 Å². The maximum absolute atomic E-state index is 11.7. The second kappa shape index (κ2) is 3.83. The molecule has 1 saturated carbocycles. The molecule has 1 aliphatic rings. The van der Waals surface area contributed by atoms with Gasteiger partial charge in [0, 0.05) is 6.54 Å². The van der Waals surface area contributed by atoms with E-state index in [1.54, 1.807) is 0 Å². The van der Waals surface area contributed by atoms with Crippen molar-refractivity contribution in [1.29, 1.82) is 0 Å². The van der Waals surface area contributed by atoms with Gasteiger partial charge in [-0.3, -0.25) is 4.79 Å². The third-order valence-corrected chi connectivity index (χ3v) is 2.22. The van der Waals surface area contributed by atoms with Crippen LogP contribution in [0.2, 0.25) is 0 Å². The SMILES string of the molecule is CC(CNC(=O)C(F)F)C1CC1. The molecule has 1 unspecified atom stereocenters. The molecule has 0 aromatic carbocycles. The summed E-state index contributed by atoms with van der Waals surface area (Å²) >= 11 is 0. The maximum Gasteiger partial charge on any atom is 0.315 e. The first-order valence-electron chi connectivity index (χ1n) is 4.17. The summed E-state index contributed by atoms with van der Waals surface area (Å²) in [6.07, 6.45) is -0.534. The summed E-state index contributed by atoms with van der Waals surface area (Å²) < 4.78 is 23.4. The fourth-order valence-electron chi connectivity index (χ4n) is 1.17. The van der Waals surface area contributed by atoms with E-state index in [0.29, 0.717) is 18.4 Å². The third-order valence-electron chi connectivity index (χ3n) is 2.22. The number of carbonyl (C=O) groups excluding carboxylic acids is 1. The highest BCUT2D eigenvalue weighted by Crippen LogP contribution is 2.35. The van der Waals surface area contributed by atoms with Crippen molar-refractivity contribution in [2.75, 3.05) is 6.54 Å². The fraction of sp³-hybridized carbons (Fsp3) is 0.875. The van der Waals surface area contributed by atoms with E-state index in [0.717, 1.165) is 0 Å². The highest BCUT2D eigenvalue weighted by atomic mass is 19.3. The van der Waals surface area contributed by atoms with Crippen molar-refractivity contribution in [3.63, 3.8) is 0 Å². The highest BCUT2D eigenvalue weighted by Gasteiger charge is 2.28. The third kappa shape index (κ3) is 2.75. The first-order chi connectivity index (χ1) is 5.61. The topological polar surface area (TPSA) is 29.1 Å². The summed E-state index contributed by atoms with van der Waals surface area (Å²) in [4.78, 5) is 10.4. The Balaban J connectivity index is 2.11. The van der Waals surface area contributed by atoms with Crippen LogP contribution in [-0.2, 0) is 4.79 Å². The van der Waals surface area contributed by atoms with Gasteiger partial charge in [-0.1, -0.05) is 6.92 Å². The van der Waals surface area contributed by atoms with Crippen LogP contribution in [0.5, 0.6) is 0 Å². The average molecular weight is 177 g/mol. The van der Waals surface area contributed by atoms with Gasteiger partial charge >= 0.3 is 6.43 Å². The Bertz CT molecular complexity index is 168. The average Bonchev–Trinajstić information content (AvgIpc) is 2.81. The number of halogens is 2. The summed E-state index contributed by atoms with van der Waals surface area (Å²) in [5.74, 6) is -0.168. The lowest BCUT2D eigenvalue weighted by Gasteiger charge is -2.10. The molecule has 1 fully saturated rings. The number of carbonyl (C=O) groups is 1. The zero-order chi connectivity index (χ0) is 9.14. The van der Waals surface area contributed by atoms with Crippen LogP contribution < -0.4 is 5.32 Å². The number of alkyl halides is 2. The maximum atomic E-state index is 11.7. The predicted molar refractivity (Wildman–Crippen MR) is 40.9 cm³/mol. The van der Waals surface area contributed by atoms with E-state index < -0.39 is 12.3 Å². The fourth-order valence-corrected chi connectivity index (χ4v) is 1.17. The number of amides is 1. The van der Waals surface area contributed by atoms with E-state index >= 15 is 0 Å². The van der Waals surface area contributed by atoms with Crippen LogP contribution in [0.3, 0.4) is 0 Å². The van der Waals surface area contributed by atoms with Gasteiger partial charge in [0.2, 0.25) is 0 Å². The Morgan fingerprint density at radius 3 is 2.58 bits per heavy atom. The Kier molecular flexibility index (Phi) is 3.00. The molecule has 4 heteroatoms. The van der Waals surface area contributed by atoms with Crippen LogP contribution in [0.25, 0.3) is 0 Å². The molecule has 12 heavy (non-hydrogen) atoms. The van der Waals surface area contributed by atoms with Gasteiger partial charge in [0.1, 0.15) is 0 Å². The first kappa shape index (κ1) is 9.42. The summed E-state index contributed by atoms with van der Waals surface area (Å²) in [7, 11) is 0. The van der Waals surface area contributed by atoms with Crippen LogP contribution in [0.4, 0.5) is 8.78 Å². The quantitative estimate of drug-likeness (QED) is 0.691. The van der Waals surface area contributed by atoms with Crippen molar-refractivity contribution in [2.45, 2.75) is 26.2 Å². The van der Waals surface area contributed by atoms with Gasteiger partial charge in [-0.15, -0.1) is 0 Å². The van der Waals surface area contributed by atoms with Gasteiger partial charge in [0.15, 0.2) is 0 Å². The number of hydrogen-bond acceptors (Lipinski definition) is 1. The Morgan fingerprint density at radius 2 is 2.17 bits per heavy atom. The molecule has 1 atom stereocenters. The van der Waals surface area contributed by atoms with Crippen molar-refractivity contribution in [3.05, 3.63) is 0 Å². The van der Waals surface area contributed by atoms with Gasteiger partial charge in [-0.2, -0.15) is 8.78 Å². The second-order valence-electron chi connectivity index (χ2n) is 3.36. The molecule has 0 saturated heterocycles. The molecular formula is C8H13F2NO. The van der Waals surface area contributed by atoms with Crippen molar-refractivity contribution in [3.8, 4) is 0 Å². The molecule has 2 nitrogen and oxygen atoms in total. The van der Waals surface area contributed by atoms with Crippen molar-refractivity contribution in [1.82, 2.24) is 5.32 Å². The lowest BCUT2D eigenvalue weighted by Crippen LogP contribution is -2.33. The van der Waals surface area contributed by atoms with E-state index in [1.165, 1.54) is 12.8 Å². The monoisotopic (exact) mass is 177 g/mol. The molecule has 0 heterocycles. The van der Waals surface area contributed by atoms with Crippen LogP contribution >= 0.6 is 0 Å². The molecule has 0 bridgehead atoms. The minimum Gasteiger partial charge on any atom is -0.351 e. The van der Waals surface area contributed by atoms with Crippen LogP contribution in [-0.4, -0.2) is 18.9 Å². The Labute approximate surface area is 70.3 Å². The van der Waals surface area contributed by atoms with Gasteiger partial charge in [0.05, 0.1) is 0 Å². The number of hydrogen-bond donors (Lipinski definition) is 1. The zero-order valence-corrected chi connectivity index (χ0v) is 7.02. The molecule has 1 aliphatic carbocycles. The Hall–Kier alpha value is -0.670. The van der Waals surface area contributed by atoms with E-state index in [1.807, 2.05) is 6.92 Å². The Morgan fingerprint density at radius 1 is 1.58 bits per heavy atom. The van der Waals surface area contributed by atoms with Gasteiger partial charge in [-0.05, 0) is 24.7 Å². The van der Waals surface area contributed by atoms with E-state index in [9.17, 15) is 13.6 Å². The molecule has 1 amide bonds. The lowest BCUT2D eigenvalue weighted by atomic mass is 10.1. The van der Waals surface area contributed by atoms with Crippen LogP contribution in [0.1, 0.15) is 19.8 Å². The molecule has 0 aromatic heterocycles. The zero-order valence-electron chi connectivity index (χ0n) is 7.02. The van der Waals surface area contributed by atoms with E-state index in [-0.39, 0.29) is 0 Å². The van der Waals surface area contributed by atoms with Gasteiger partial charge in [-0.25, -0.2) is 0 Å². The lowest BCUT2D eigenvalue weighted by molar-refractivity contribution is -0.131. The predicted octanol–water partition coefficient (Wildman–Crippen LogP) is 1.41. The molecule has 0 radical (unpaired) electrons. The van der Waals surface area contributed by atoms with Gasteiger partial charge in [0.25, 0.3) is 5.91 Å². The molecule has 1 N–H and O–H groups in total. The number of rotatable bonds is 4. The summed E-state index contributed by atoms with van der Waals surface area (Å²) in [6.45, 7) is 2.36. The van der Waals surface area contributed by atoms with E-state index in [4.69, 9.17) is 0 Å². The smallest absolute Gasteiger partial charge is 0.315 e. The minimum absolute atomic E-state index is 0.340. The van der Waals surface area contributed by atoms with Gasteiger partial charge < -0.3 is 5.32 Å². The highest BCUT2D eigenvalue weighted by molar-refractivity contribution is 5.78. The standard InChI is InChI=1S/C8H13F2NO/c1-5(6-2-3-6)4-11-8(12)7(9)10/h5-7H,2-4H2,1H3,(H,11,12). The largest absolute Gasteiger partial charge is 0.351 e. The number of nitrogens with one attached hydrogen (secondary N) is 1. The first-order valence-corrected chi connectivity index (χ1v) is 4.17. The second-order valence-corrected chi connectivity index (χ2v) is 3.36. The normalized spacial score (nSPS) is 19.3. The molecule has 1 rings (SSSR count).